The molecule has 0 saturated heterocycles. The number of nitro groups is 1. The largest absolute Gasteiger partial charge is 0.459 e. The van der Waals surface area contributed by atoms with E-state index in [1.807, 2.05) is 20.8 Å². The Hall–Kier alpha value is -2.90. The van der Waals surface area contributed by atoms with Gasteiger partial charge in [0.15, 0.2) is 0 Å². The zero-order valence-electron chi connectivity index (χ0n) is 15.5. The zero-order chi connectivity index (χ0) is 19.6. The van der Waals surface area contributed by atoms with E-state index in [2.05, 4.69) is 10.6 Å². The van der Waals surface area contributed by atoms with Crippen molar-refractivity contribution in [2.24, 2.45) is 5.41 Å². The van der Waals surface area contributed by atoms with Gasteiger partial charge in [0.2, 0.25) is 0 Å². The monoisotopic (exact) mass is 361 g/mol. The first kappa shape index (κ1) is 19.4. The molecule has 2 unspecified atom stereocenters. The molecule has 140 valence electrons. The summed E-state index contributed by atoms with van der Waals surface area (Å²) in [6.07, 6.45) is -0.362. The number of amides is 2. The first-order valence-electron chi connectivity index (χ1n) is 8.24. The summed E-state index contributed by atoms with van der Waals surface area (Å²) < 4.78 is 5.57. The van der Waals surface area contributed by atoms with Crippen LogP contribution in [0, 0.1) is 15.5 Å². The third-order valence-corrected chi connectivity index (χ3v) is 4.41. The van der Waals surface area contributed by atoms with Crippen LogP contribution >= 0.6 is 0 Å². The summed E-state index contributed by atoms with van der Waals surface area (Å²) in [5.74, 6) is -0.575. The lowest BCUT2D eigenvalue weighted by molar-refractivity contribution is -0.384. The first-order valence-corrected chi connectivity index (χ1v) is 8.24. The molecule has 2 amide bonds. The molecule has 1 aliphatic rings. The molecule has 0 bridgehead atoms. The van der Waals surface area contributed by atoms with Gasteiger partial charge in [-0.3, -0.25) is 10.1 Å². The standard InChI is InChI=1S/C18H23N3O5/c1-10-14(16(22)26-11(2)18(3,4)5)15(20-17(23)19-10)12-7-6-8-13(9-12)21(24)25/h6-9,11,15H,1-5H3,(H2,19,20,23). The number of urea groups is 1. The number of carbonyl (C=O) groups is 2. The van der Waals surface area contributed by atoms with Crippen LogP contribution in [-0.2, 0) is 9.53 Å². The van der Waals surface area contributed by atoms with E-state index in [1.54, 1.807) is 19.9 Å². The van der Waals surface area contributed by atoms with Crippen molar-refractivity contribution in [1.82, 2.24) is 10.6 Å². The first-order chi connectivity index (χ1) is 12.0. The van der Waals surface area contributed by atoms with Crippen LogP contribution in [0.25, 0.3) is 0 Å². The van der Waals surface area contributed by atoms with E-state index in [-0.39, 0.29) is 22.8 Å². The number of esters is 1. The maximum Gasteiger partial charge on any atom is 0.338 e. The van der Waals surface area contributed by atoms with E-state index in [9.17, 15) is 19.7 Å². The third kappa shape index (κ3) is 4.19. The summed E-state index contributed by atoms with van der Waals surface area (Å²) in [6.45, 7) is 9.24. The molecule has 0 aliphatic carbocycles. The lowest BCUT2D eigenvalue weighted by atomic mass is 9.90. The molecule has 2 atom stereocenters. The van der Waals surface area contributed by atoms with Crippen molar-refractivity contribution in [2.75, 3.05) is 0 Å². The van der Waals surface area contributed by atoms with Gasteiger partial charge in [0.1, 0.15) is 6.10 Å². The van der Waals surface area contributed by atoms with Gasteiger partial charge in [-0.15, -0.1) is 0 Å². The van der Waals surface area contributed by atoms with Crippen LogP contribution in [0.1, 0.15) is 46.2 Å². The molecule has 0 fully saturated rings. The number of allylic oxidation sites excluding steroid dienone is 1. The number of nitro benzene ring substituents is 1. The molecule has 1 aliphatic heterocycles. The highest BCUT2D eigenvalue weighted by Gasteiger charge is 2.35. The van der Waals surface area contributed by atoms with Crippen molar-refractivity contribution in [3.05, 3.63) is 51.2 Å². The quantitative estimate of drug-likeness (QED) is 0.486. The minimum atomic E-state index is -0.830. The van der Waals surface area contributed by atoms with Gasteiger partial charge in [-0.05, 0) is 24.8 Å². The highest BCUT2D eigenvalue weighted by atomic mass is 16.6. The normalized spacial score (nSPS) is 18.7. The number of benzene rings is 1. The van der Waals surface area contributed by atoms with E-state index in [4.69, 9.17) is 4.74 Å². The molecule has 2 N–H and O–H groups in total. The Labute approximate surface area is 151 Å². The Morgan fingerprint density at radius 3 is 2.58 bits per heavy atom. The SMILES string of the molecule is CC1=C(C(=O)OC(C)C(C)(C)C)C(c2cccc([N+](=O)[O-])c2)NC(=O)N1. The van der Waals surface area contributed by atoms with E-state index >= 15 is 0 Å². The Morgan fingerprint density at radius 1 is 1.35 bits per heavy atom. The van der Waals surface area contributed by atoms with Gasteiger partial charge in [0.25, 0.3) is 5.69 Å². The Balaban J connectivity index is 2.42. The van der Waals surface area contributed by atoms with E-state index in [0.29, 0.717) is 11.3 Å². The Morgan fingerprint density at radius 2 is 2.00 bits per heavy atom. The molecule has 0 radical (unpaired) electrons. The average Bonchev–Trinajstić information content (AvgIpc) is 2.53. The molecular formula is C18H23N3O5. The molecular weight excluding hydrogens is 338 g/mol. The van der Waals surface area contributed by atoms with Crippen LogP contribution in [0.15, 0.2) is 35.5 Å². The van der Waals surface area contributed by atoms with Crippen molar-refractivity contribution < 1.29 is 19.2 Å². The van der Waals surface area contributed by atoms with Gasteiger partial charge in [-0.2, -0.15) is 0 Å². The van der Waals surface area contributed by atoms with Crippen LogP contribution in [0.5, 0.6) is 0 Å². The molecule has 26 heavy (non-hydrogen) atoms. The van der Waals surface area contributed by atoms with Crippen LogP contribution in [0.4, 0.5) is 10.5 Å². The molecule has 8 heteroatoms. The number of hydrogen-bond donors (Lipinski definition) is 2. The van der Waals surface area contributed by atoms with E-state index in [0.717, 1.165) is 0 Å². The van der Waals surface area contributed by atoms with Crippen molar-refractivity contribution in [1.29, 1.82) is 0 Å². The highest BCUT2D eigenvalue weighted by molar-refractivity contribution is 5.95. The number of nitrogens with zero attached hydrogens (tertiary/aromatic N) is 1. The van der Waals surface area contributed by atoms with E-state index in [1.165, 1.54) is 18.2 Å². The second-order valence-electron chi connectivity index (χ2n) is 7.34. The average molecular weight is 361 g/mol. The second kappa shape index (κ2) is 7.15. The van der Waals surface area contributed by atoms with Crippen molar-refractivity contribution >= 4 is 17.7 Å². The predicted octanol–water partition coefficient (Wildman–Crippen LogP) is 3.20. The molecule has 0 saturated carbocycles. The molecule has 1 aromatic carbocycles. The van der Waals surface area contributed by atoms with Gasteiger partial charge in [0.05, 0.1) is 16.5 Å². The molecule has 1 aromatic rings. The second-order valence-corrected chi connectivity index (χ2v) is 7.34. The predicted molar refractivity (Wildman–Crippen MR) is 95.2 cm³/mol. The van der Waals surface area contributed by atoms with Crippen LogP contribution in [0.3, 0.4) is 0 Å². The Bertz CT molecular complexity index is 779. The highest BCUT2D eigenvalue weighted by Crippen LogP contribution is 2.31. The lowest BCUT2D eigenvalue weighted by Crippen LogP contribution is -2.46. The molecule has 1 heterocycles. The van der Waals surface area contributed by atoms with Crippen molar-refractivity contribution in [3.8, 4) is 0 Å². The van der Waals surface area contributed by atoms with Gasteiger partial charge < -0.3 is 15.4 Å². The number of ether oxygens (including phenoxy) is 1. The maximum absolute atomic E-state index is 12.8. The number of hydrogen-bond acceptors (Lipinski definition) is 5. The summed E-state index contributed by atoms with van der Waals surface area (Å²) in [5.41, 5.74) is 0.640. The molecule has 0 aromatic heterocycles. The minimum absolute atomic E-state index is 0.122. The number of carbonyl (C=O) groups excluding carboxylic acids is 2. The van der Waals surface area contributed by atoms with Gasteiger partial charge in [-0.1, -0.05) is 32.9 Å². The summed E-state index contributed by atoms with van der Waals surface area (Å²) >= 11 is 0. The van der Waals surface area contributed by atoms with Gasteiger partial charge in [0, 0.05) is 17.8 Å². The third-order valence-electron chi connectivity index (χ3n) is 4.41. The zero-order valence-corrected chi connectivity index (χ0v) is 15.5. The number of rotatable bonds is 4. The topological polar surface area (TPSA) is 111 Å². The summed E-state index contributed by atoms with van der Waals surface area (Å²) in [5, 5.41) is 16.2. The summed E-state index contributed by atoms with van der Waals surface area (Å²) in [7, 11) is 0. The van der Waals surface area contributed by atoms with Crippen molar-refractivity contribution in [2.45, 2.75) is 46.8 Å². The van der Waals surface area contributed by atoms with E-state index < -0.39 is 23.0 Å². The maximum atomic E-state index is 12.8. The molecule has 2 rings (SSSR count). The van der Waals surface area contributed by atoms with Gasteiger partial charge in [-0.25, -0.2) is 9.59 Å². The van der Waals surface area contributed by atoms with Crippen molar-refractivity contribution in [3.63, 3.8) is 0 Å². The summed E-state index contributed by atoms with van der Waals surface area (Å²) in [4.78, 5) is 35.2. The molecule has 8 nitrogen and oxygen atoms in total. The fourth-order valence-corrected chi connectivity index (χ4v) is 2.43. The lowest BCUT2D eigenvalue weighted by Gasteiger charge is -2.31. The smallest absolute Gasteiger partial charge is 0.338 e. The molecule has 0 spiro atoms. The number of non-ortho nitro benzene ring substituents is 1. The minimum Gasteiger partial charge on any atom is -0.459 e. The van der Waals surface area contributed by atoms with Crippen LogP contribution in [0.2, 0.25) is 0 Å². The fourth-order valence-electron chi connectivity index (χ4n) is 2.43. The van der Waals surface area contributed by atoms with Gasteiger partial charge >= 0.3 is 12.0 Å². The Kier molecular flexibility index (Phi) is 5.34. The number of nitrogens with one attached hydrogen (secondary N) is 2. The van der Waals surface area contributed by atoms with Crippen LogP contribution in [-0.4, -0.2) is 23.0 Å². The van der Waals surface area contributed by atoms with Crippen LogP contribution < -0.4 is 10.6 Å². The summed E-state index contributed by atoms with van der Waals surface area (Å²) in [6, 6.07) is 4.50. The fraction of sp³-hybridized carbons (Fsp3) is 0.444.